The van der Waals surface area contributed by atoms with Gasteiger partial charge in [-0.3, -0.25) is 23.7 Å². The van der Waals surface area contributed by atoms with E-state index in [1.165, 1.54) is 42.5 Å². The highest BCUT2D eigenvalue weighted by atomic mass is 35.5. The van der Waals surface area contributed by atoms with Crippen LogP contribution in [0, 0.1) is 11.7 Å². The summed E-state index contributed by atoms with van der Waals surface area (Å²) in [6, 6.07) is 15.6. The first-order valence-corrected chi connectivity index (χ1v) is 14.8. The molecule has 3 heterocycles. The van der Waals surface area contributed by atoms with Gasteiger partial charge in [-0.25, -0.2) is 9.29 Å². The van der Waals surface area contributed by atoms with E-state index < -0.39 is 63.8 Å². The molecule has 0 aliphatic carbocycles. The van der Waals surface area contributed by atoms with Crippen molar-refractivity contribution in [2.45, 2.75) is 28.9 Å². The fraction of sp³-hybridized carbons (Fsp3) is 0.172. The fourth-order valence-corrected chi connectivity index (χ4v) is 8.15. The summed E-state index contributed by atoms with van der Waals surface area (Å²) in [6.45, 7) is -0.551. The number of carbonyl (C=O) groups is 3. The second-order valence-corrected chi connectivity index (χ2v) is 12.4. The largest absolute Gasteiger partial charge is 0.416 e. The zero-order valence-electron chi connectivity index (χ0n) is 21.6. The summed E-state index contributed by atoms with van der Waals surface area (Å²) in [5, 5.41) is 2.10. The van der Waals surface area contributed by atoms with Crippen molar-refractivity contribution >= 4 is 63.8 Å². The van der Waals surface area contributed by atoms with Crippen molar-refractivity contribution in [3.63, 3.8) is 0 Å². The van der Waals surface area contributed by atoms with E-state index in [1.54, 1.807) is 12.1 Å². The molecule has 2 aliphatic rings. The van der Waals surface area contributed by atoms with Gasteiger partial charge in [0.15, 0.2) is 0 Å². The van der Waals surface area contributed by atoms with E-state index in [4.69, 9.17) is 11.6 Å². The molecule has 3 atom stereocenters. The molecular formula is C29H18ClF4N3O4S2. The number of rotatable bonds is 5. The van der Waals surface area contributed by atoms with E-state index in [9.17, 15) is 36.7 Å². The molecule has 2 aliphatic heterocycles. The van der Waals surface area contributed by atoms with Gasteiger partial charge in [0.2, 0.25) is 17.7 Å². The first kappa shape index (κ1) is 29.1. The average molecular weight is 648 g/mol. The molecule has 1 N–H and O–H groups in total. The SMILES string of the molecule is O=C(Cn1c2c(sc1=O)[C@@H](c1ccc(F)cc1)[C@@H]1C(=O)N(c3ccc(Cl)cc3)C(=O)[C@@H]1S2)Nc1cccc(C(F)(F)F)c1. The minimum absolute atomic E-state index is 0.107. The van der Waals surface area contributed by atoms with E-state index >= 15 is 0 Å². The molecule has 3 amide bonds. The molecule has 0 radical (unpaired) electrons. The normalized spacial score (nSPS) is 19.7. The van der Waals surface area contributed by atoms with Crippen molar-refractivity contribution in [2.24, 2.45) is 5.92 Å². The number of nitrogens with zero attached hydrogens (tertiary/aromatic N) is 2. The molecule has 4 aromatic rings. The van der Waals surface area contributed by atoms with Gasteiger partial charge in [0, 0.05) is 21.5 Å². The Bertz CT molecular complexity index is 1820. The average Bonchev–Trinajstić information content (AvgIpc) is 3.40. The Hall–Kier alpha value is -3.94. The van der Waals surface area contributed by atoms with Gasteiger partial charge >= 0.3 is 11.0 Å². The number of carbonyl (C=O) groups excluding carboxylic acids is 3. The maximum absolute atomic E-state index is 13.9. The van der Waals surface area contributed by atoms with Crippen LogP contribution in [-0.2, 0) is 27.1 Å². The van der Waals surface area contributed by atoms with Crippen LogP contribution in [0.5, 0.6) is 0 Å². The van der Waals surface area contributed by atoms with Crippen LogP contribution in [0.3, 0.4) is 0 Å². The van der Waals surface area contributed by atoms with Gasteiger partial charge in [-0.05, 0) is 60.2 Å². The third-order valence-electron chi connectivity index (χ3n) is 7.14. The minimum atomic E-state index is -4.61. The second kappa shape index (κ2) is 11.0. The molecule has 1 fully saturated rings. The van der Waals surface area contributed by atoms with Crippen molar-refractivity contribution in [3.05, 3.63) is 109 Å². The Morgan fingerprint density at radius 3 is 2.33 bits per heavy atom. The molecule has 7 nitrogen and oxygen atoms in total. The Labute approximate surface area is 254 Å². The number of halogens is 5. The van der Waals surface area contributed by atoms with Crippen molar-refractivity contribution in [2.75, 3.05) is 10.2 Å². The number of thioether (sulfide) groups is 1. The summed E-state index contributed by atoms with van der Waals surface area (Å²) >= 11 is 7.76. The number of benzene rings is 3. The Morgan fingerprint density at radius 2 is 1.65 bits per heavy atom. The molecule has 0 saturated carbocycles. The smallest absolute Gasteiger partial charge is 0.325 e. The Balaban J connectivity index is 1.37. The Morgan fingerprint density at radius 1 is 0.953 bits per heavy atom. The molecule has 0 unspecified atom stereocenters. The molecule has 220 valence electrons. The molecule has 0 spiro atoms. The number of nitrogens with one attached hydrogen (secondary N) is 1. The molecule has 43 heavy (non-hydrogen) atoms. The maximum Gasteiger partial charge on any atom is 0.416 e. The first-order chi connectivity index (χ1) is 20.4. The van der Waals surface area contributed by atoms with E-state index in [2.05, 4.69) is 5.32 Å². The number of hydrogen-bond acceptors (Lipinski definition) is 6. The molecule has 14 heteroatoms. The molecule has 3 aromatic carbocycles. The first-order valence-electron chi connectivity index (χ1n) is 12.7. The van der Waals surface area contributed by atoms with Gasteiger partial charge in [-0.15, -0.1) is 0 Å². The summed E-state index contributed by atoms with van der Waals surface area (Å²) in [7, 11) is 0. The van der Waals surface area contributed by atoms with Crippen LogP contribution in [-0.4, -0.2) is 27.5 Å². The van der Waals surface area contributed by atoms with E-state index in [-0.39, 0.29) is 10.7 Å². The number of thiazole rings is 1. The maximum atomic E-state index is 13.9. The summed E-state index contributed by atoms with van der Waals surface area (Å²) in [5.74, 6) is -4.05. The Kier molecular flexibility index (Phi) is 7.43. The molecular weight excluding hydrogens is 630 g/mol. The molecule has 6 rings (SSSR count). The predicted octanol–water partition coefficient (Wildman–Crippen LogP) is 6.16. The quantitative estimate of drug-likeness (QED) is 0.207. The molecule has 1 aromatic heterocycles. The minimum Gasteiger partial charge on any atom is -0.325 e. The third-order valence-corrected chi connectivity index (χ3v) is 9.99. The predicted molar refractivity (Wildman–Crippen MR) is 154 cm³/mol. The number of aromatic nitrogens is 1. The monoisotopic (exact) mass is 647 g/mol. The second-order valence-electron chi connectivity index (χ2n) is 9.83. The lowest BCUT2D eigenvalue weighted by Crippen LogP contribution is -2.33. The van der Waals surface area contributed by atoms with Gasteiger partial charge < -0.3 is 5.32 Å². The van der Waals surface area contributed by atoms with E-state index in [1.807, 2.05) is 0 Å². The lowest BCUT2D eigenvalue weighted by molar-refractivity contribution is -0.137. The van der Waals surface area contributed by atoms with Crippen molar-refractivity contribution in [1.82, 2.24) is 4.57 Å². The zero-order valence-corrected chi connectivity index (χ0v) is 24.0. The van der Waals surface area contributed by atoms with Gasteiger partial charge in [0.05, 0.1) is 22.2 Å². The highest BCUT2D eigenvalue weighted by Gasteiger charge is 2.56. The van der Waals surface area contributed by atoms with Crippen LogP contribution in [0.25, 0.3) is 0 Å². The van der Waals surface area contributed by atoms with Crippen LogP contribution < -0.4 is 15.1 Å². The lowest BCUT2D eigenvalue weighted by Gasteiger charge is -2.30. The van der Waals surface area contributed by atoms with Gasteiger partial charge in [0.25, 0.3) is 0 Å². The highest BCUT2D eigenvalue weighted by molar-refractivity contribution is 8.00. The fourth-order valence-electron chi connectivity index (χ4n) is 5.25. The van der Waals surface area contributed by atoms with Crippen molar-refractivity contribution in [3.8, 4) is 0 Å². The van der Waals surface area contributed by atoms with E-state index in [0.717, 1.165) is 50.8 Å². The molecule has 1 saturated heterocycles. The van der Waals surface area contributed by atoms with Crippen LogP contribution in [0.15, 0.2) is 82.6 Å². The molecule has 0 bridgehead atoms. The van der Waals surface area contributed by atoms with Crippen LogP contribution in [0.2, 0.25) is 5.02 Å². The van der Waals surface area contributed by atoms with Gasteiger partial charge in [0.1, 0.15) is 17.6 Å². The highest BCUT2D eigenvalue weighted by Crippen LogP contribution is 2.54. The number of anilines is 2. The third kappa shape index (κ3) is 5.36. The standard InChI is InChI=1S/C29H18ClF4N3O4S2/c30-16-6-10-19(11-7-16)37-25(39)22-21(14-4-8-17(31)9-5-14)24-27(42-23(22)26(37)40)36(28(41)43-24)13-20(38)35-18-3-1-2-15(12-18)29(32,33)34/h1-12,21-23H,13H2,(H,35,38)/t21-,22-,23+/m0/s1. The van der Waals surface area contributed by atoms with Crippen LogP contribution in [0.4, 0.5) is 28.9 Å². The number of alkyl halides is 3. The zero-order chi connectivity index (χ0) is 30.6. The van der Waals surface area contributed by atoms with Crippen molar-refractivity contribution in [1.29, 1.82) is 0 Å². The summed E-state index contributed by atoms with van der Waals surface area (Å²) < 4.78 is 54.4. The number of fused-ring (bicyclic) bond motifs is 2. The summed E-state index contributed by atoms with van der Waals surface area (Å²) in [6.07, 6.45) is -4.61. The number of imide groups is 1. The summed E-state index contributed by atoms with van der Waals surface area (Å²) in [5.41, 5.74) is -0.245. The van der Waals surface area contributed by atoms with Gasteiger partial charge in [-0.1, -0.05) is 52.9 Å². The number of amides is 3. The van der Waals surface area contributed by atoms with Gasteiger partial charge in [-0.2, -0.15) is 13.2 Å². The van der Waals surface area contributed by atoms with Crippen LogP contribution in [0.1, 0.15) is 21.9 Å². The topological polar surface area (TPSA) is 88.5 Å². The van der Waals surface area contributed by atoms with E-state index in [0.29, 0.717) is 21.2 Å². The van der Waals surface area contributed by atoms with Crippen molar-refractivity contribution < 1.29 is 31.9 Å². The van der Waals surface area contributed by atoms with Crippen LogP contribution >= 0.6 is 34.7 Å². The summed E-state index contributed by atoms with van der Waals surface area (Å²) in [4.78, 5) is 54.6. The lowest BCUT2D eigenvalue weighted by atomic mass is 9.83. The number of hydrogen-bond donors (Lipinski definition) is 1.